The minimum Gasteiger partial charge on any atom is -0.385 e. The number of nitrogens with one attached hydrogen (secondary N) is 2. The molecular weight excluding hydrogens is 198 g/mol. The predicted molar refractivity (Wildman–Crippen MR) is 70.4 cm³/mol. The van der Waals surface area contributed by atoms with Crippen molar-refractivity contribution in [3.63, 3.8) is 0 Å². The van der Waals surface area contributed by atoms with Crippen LogP contribution in [0.2, 0.25) is 0 Å². The number of nitrogens with zero attached hydrogens (tertiary/aromatic N) is 1. The highest BCUT2D eigenvalue weighted by Crippen LogP contribution is 2.23. The molecule has 1 aromatic carbocycles. The van der Waals surface area contributed by atoms with E-state index in [1.165, 1.54) is 16.9 Å². The molecule has 3 nitrogen and oxygen atoms in total. The number of aryl methyl sites for hydroxylation is 1. The molecule has 3 heteroatoms. The van der Waals surface area contributed by atoms with Gasteiger partial charge in [-0.2, -0.15) is 0 Å². The highest BCUT2D eigenvalue weighted by Gasteiger charge is 2.12. The van der Waals surface area contributed by atoms with Crippen molar-refractivity contribution in [3.8, 4) is 0 Å². The molecule has 0 bridgehead atoms. The van der Waals surface area contributed by atoms with E-state index in [2.05, 4.69) is 47.6 Å². The number of hydrogen-bond donors (Lipinski definition) is 2. The molecule has 1 fully saturated rings. The van der Waals surface area contributed by atoms with Gasteiger partial charge in [-0.3, -0.25) is 0 Å². The molecule has 0 spiro atoms. The smallest absolute Gasteiger partial charge is 0.0398 e. The summed E-state index contributed by atoms with van der Waals surface area (Å²) in [4.78, 5) is 2.46. The van der Waals surface area contributed by atoms with E-state index >= 15 is 0 Å². The molecule has 0 radical (unpaired) electrons. The summed E-state index contributed by atoms with van der Waals surface area (Å²) in [6.07, 6.45) is 0. The van der Waals surface area contributed by atoms with E-state index in [4.69, 9.17) is 0 Å². The molecule has 0 atom stereocenters. The van der Waals surface area contributed by atoms with Crippen LogP contribution in [-0.4, -0.2) is 32.7 Å². The quantitative estimate of drug-likeness (QED) is 0.812. The first kappa shape index (κ1) is 11.3. The zero-order chi connectivity index (χ0) is 11.4. The zero-order valence-corrected chi connectivity index (χ0v) is 10.2. The number of anilines is 2. The maximum Gasteiger partial charge on any atom is 0.0398 e. The average molecular weight is 219 g/mol. The normalized spacial score (nSPS) is 16.2. The van der Waals surface area contributed by atoms with Crippen molar-refractivity contribution < 1.29 is 0 Å². The Hall–Kier alpha value is -1.22. The zero-order valence-electron chi connectivity index (χ0n) is 10.2. The monoisotopic (exact) mass is 219 g/mol. The van der Waals surface area contributed by atoms with Crippen molar-refractivity contribution in [2.24, 2.45) is 0 Å². The molecule has 1 aliphatic heterocycles. The fraction of sp³-hybridized carbons (Fsp3) is 0.538. The summed E-state index contributed by atoms with van der Waals surface area (Å²) < 4.78 is 0. The Kier molecular flexibility index (Phi) is 3.67. The first-order chi connectivity index (χ1) is 7.81. The van der Waals surface area contributed by atoms with Gasteiger partial charge in [0.1, 0.15) is 0 Å². The molecule has 2 rings (SSSR count). The third-order valence-electron chi connectivity index (χ3n) is 3.04. The molecule has 0 saturated carbocycles. The standard InChI is InChI=1S/C13H21N3/c1-3-15-12-4-5-13(11(2)10-12)16-8-6-14-7-9-16/h4-5,10,14-15H,3,6-9H2,1-2H3. The summed E-state index contributed by atoms with van der Waals surface area (Å²) in [5.74, 6) is 0. The maximum atomic E-state index is 3.38. The van der Waals surface area contributed by atoms with Crippen molar-refractivity contribution in [2.45, 2.75) is 13.8 Å². The Labute approximate surface area is 97.8 Å². The molecule has 2 N–H and O–H groups in total. The summed E-state index contributed by atoms with van der Waals surface area (Å²) in [6, 6.07) is 6.65. The lowest BCUT2D eigenvalue weighted by Crippen LogP contribution is -2.43. The lowest BCUT2D eigenvalue weighted by Gasteiger charge is -2.30. The number of hydrogen-bond acceptors (Lipinski definition) is 3. The topological polar surface area (TPSA) is 27.3 Å². The minimum atomic E-state index is 0.979. The van der Waals surface area contributed by atoms with Crippen LogP contribution >= 0.6 is 0 Å². The van der Waals surface area contributed by atoms with Crippen LogP contribution in [0, 0.1) is 6.92 Å². The molecule has 0 unspecified atom stereocenters. The molecule has 1 aromatic rings. The second-order valence-corrected chi connectivity index (χ2v) is 4.27. The fourth-order valence-corrected chi connectivity index (χ4v) is 2.23. The van der Waals surface area contributed by atoms with Crippen LogP contribution in [0.15, 0.2) is 18.2 Å². The molecule has 0 aliphatic carbocycles. The van der Waals surface area contributed by atoms with Crippen molar-refractivity contribution in [2.75, 3.05) is 42.9 Å². The molecule has 16 heavy (non-hydrogen) atoms. The van der Waals surface area contributed by atoms with E-state index in [0.717, 1.165) is 32.7 Å². The van der Waals surface area contributed by atoms with Crippen LogP contribution in [0.3, 0.4) is 0 Å². The van der Waals surface area contributed by atoms with E-state index < -0.39 is 0 Å². The lowest BCUT2D eigenvalue weighted by atomic mass is 10.1. The Morgan fingerprint density at radius 3 is 2.69 bits per heavy atom. The van der Waals surface area contributed by atoms with E-state index in [1.807, 2.05) is 0 Å². The second kappa shape index (κ2) is 5.21. The van der Waals surface area contributed by atoms with Gasteiger partial charge in [-0.1, -0.05) is 0 Å². The van der Waals surface area contributed by atoms with E-state index in [9.17, 15) is 0 Å². The van der Waals surface area contributed by atoms with Crippen molar-refractivity contribution in [1.82, 2.24) is 5.32 Å². The lowest BCUT2D eigenvalue weighted by molar-refractivity contribution is 0.588. The Morgan fingerprint density at radius 2 is 2.06 bits per heavy atom. The summed E-state index contributed by atoms with van der Waals surface area (Å²) in [7, 11) is 0. The van der Waals surface area contributed by atoms with E-state index in [0.29, 0.717) is 0 Å². The third kappa shape index (κ3) is 2.47. The molecule has 0 amide bonds. The van der Waals surface area contributed by atoms with Gasteiger partial charge in [0.15, 0.2) is 0 Å². The van der Waals surface area contributed by atoms with Gasteiger partial charge in [0, 0.05) is 44.1 Å². The number of piperazine rings is 1. The van der Waals surface area contributed by atoms with Crippen LogP contribution in [0.25, 0.3) is 0 Å². The predicted octanol–water partition coefficient (Wildman–Crippen LogP) is 1.84. The molecule has 1 saturated heterocycles. The number of benzene rings is 1. The van der Waals surface area contributed by atoms with Gasteiger partial charge in [0.2, 0.25) is 0 Å². The summed E-state index contributed by atoms with van der Waals surface area (Å²) in [6.45, 7) is 9.70. The maximum absolute atomic E-state index is 3.38. The van der Waals surface area contributed by atoms with Crippen LogP contribution in [-0.2, 0) is 0 Å². The molecule has 0 aromatic heterocycles. The Morgan fingerprint density at radius 1 is 1.31 bits per heavy atom. The van der Waals surface area contributed by atoms with Gasteiger partial charge in [0.25, 0.3) is 0 Å². The van der Waals surface area contributed by atoms with E-state index in [-0.39, 0.29) is 0 Å². The minimum absolute atomic E-state index is 0.979. The van der Waals surface area contributed by atoms with E-state index in [1.54, 1.807) is 0 Å². The Bertz CT molecular complexity index is 343. The average Bonchev–Trinajstić information content (AvgIpc) is 2.31. The van der Waals surface area contributed by atoms with Gasteiger partial charge in [-0.25, -0.2) is 0 Å². The summed E-state index contributed by atoms with van der Waals surface area (Å²) in [5, 5.41) is 6.73. The van der Waals surface area contributed by atoms with Crippen molar-refractivity contribution in [1.29, 1.82) is 0 Å². The van der Waals surface area contributed by atoms with Gasteiger partial charge >= 0.3 is 0 Å². The molecule has 88 valence electrons. The third-order valence-corrected chi connectivity index (χ3v) is 3.04. The SMILES string of the molecule is CCNc1ccc(N2CCNCC2)c(C)c1. The first-order valence-corrected chi connectivity index (χ1v) is 6.11. The first-order valence-electron chi connectivity index (χ1n) is 6.11. The van der Waals surface area contributed by atoms with Gasteiger partial charge in [0.05, 0.1) is 0 Å². The molecule has 1 aliphatic rings. The van der Waals surface area contributed by atoms with Gasteiger partial charge in [-0.15, -0.1) is 0 Å². The van der Waals surface area contributed by atoms with Crippen molar-refractivity contribution in [3.05, 3.63) is 23.8 Å². The number of rotatable bonds is 3. The summed E-state index contributed by atoms with van der Waals surface area (Å²) in [5.41, 5.74) is 3.96. The van der Waals surface area contributed by atoms with Crippen LogP contribution in [0.4, 0.5) is 11.4 Å². The van der Waals surface area contributed by atoms with Crippen LogP contribution in [0.5, 0.6) is 0 Å². The van der Waals surface area contributed by atoms with Gasteiger partial charge in [-0.05, 0) is 37.6 Å². The van der Waals surface area contributed by atoms with Crippen LogP contribution in [0.1, 0.15) is 12.5 Å². The largest absolute Gasteiger partial charge is 0.385 e. The van der Waals surface area contributed by atoms with Crippen molar-refractivity contribution >= 4 is 11.4 Å². The molecular formula is C13H21N3. The highest BCUT2D eigenvalue weighted by molar-refractivity contribution is 5.60. The van der Waals surface area contributed by atoms with Crippen LogP contribution < -0.4 is 15.5 Å². The Balaban J connectivity index is 2.14. The molecule has 1 heterocycles. The summed E-state index contributed by atoms with van der Waals surface area (Å²) >= 11 is 0. The van der Waals surface area contributed by atoms with Gasteiger partial charge < -0.3 is 15.5 Å². The highest BCUT2D eigenvalue weighted by atomic mass is 15.2. The second-order valence-electron chi connectivity index (χ2n) is 4.27. The fourth-order valence-electron chi connectivity index (χ4n) is 2.23.